The number of piperazine rings is 1. The number of carbonyl (C=O) groups excluding carboxylic acids is 3. The lowest BCUT2D eigenvalue weighted by atomic mass is 10.0. The minimum Gasteiger partial charge on any atom is -0.345 e. The van der Waals surface area contributed by atoms with Crippen molar-refractivity contribution < 1.29 is 14.4 Å². The fraction of sp³-hybridized carbons (Fsp3) is 0.308. The molecule has 0 atom stereocenters. The fourth-order valence-electron chi connectivity index (χ4n) is 4.15. The first-order chi connectivity index (χ1) is 16.5. The number of benzene rings is 2. The highest BCUT2D eigenvalue weighted by Crippen LogP contribution is 2.26. The molecule has 1 saturated heterocycles. The molecule has 174 valence electrons. The topological polar surface area (TPSA) is 87.5 Å². The van der Waals surface area contributed by atoms with E-state index in [1.54, 1.807) is 15.8 Å². The van der Waals surface area contributed by atoms with E-state index in [0.717, 1.165) is 29.7 Å². The smallest absolute Gasteiger partial charge is 0.312 e. The van der Waals surface area contributed by atoms with Crippen molar-refractivity contribution in [3.05, 3.63) is 71.9 Å². The zero-order valence-corrected chi connectivity index (χ0v) is 19.1. The molecule has 0 radical (unpaired) electrons. The Morgan fingerprint density at radius 2 is 1.62 bits per heavy atom. The van der Waals surface area contributed by atoms with E-state index >= 15 is 0 Å². The summed E-state index contributed by atoms with van der Waals surface area (Å²) >= 11 is 0. The molecule has 2 heterocycles. The number of aromatic nitrogens is 2. The lowest BCUT2D eigenvalue weighted by molar-refractivity contribution is -0.146. The number of carbonyl (C=O) groups is 3. The van der Waals surface area contributed by atoms with E-state index in [1.165, 1.54) is 4.90 Å². The van der Waals surface area contributed by atoms with Crippen LogP contribution in [0.2, 0.25) is 0 Å². The molecule has 1 aliphatic heterocycles. The van der Waals surface area contributed by atoms with E-state index in [-0.39, 0.29) is 11.9 Å². The molecule has 0 bridgehead atoms. The van der Waals surface area contributed by atoms with Crippen LogP contribution in [0.15, 0.2) is 60.8 Å². The minimum absolute atomic E-state index is 0.131. The monoisotopic (exact) mass is 457 g/mol. The maximum Gasteiger partial charge on any atom is 0.312 e. The molecule has 3 amide bonds. The molecule has 0 spiro atoms. The molecule has 1 aliphatic carbocycles. The normalized spacial score (nSPS) is 15.8. The van der Waals surface area contributed by atoms with Gasteiger partial charge in [-0.1, -0.05) is 42.0 Å². The molecule has 1 aromatic heterocycles. The molecule has 0 unspecified atom stereocenters. The molecule has 5 rings (SSSR count). The molecule has 2 aromatic carbocycles. The fourth-order valence-corrected chi connectivity index (χ4v) is 4.15. The van der Waals surface area contributed by atoms with E-state index in [2.05, 4.69) is 5.32 Å². The molecule has 1 saturated carbocycles. The summed E-state index contributed by atoms with van der Waals surface area (Å²) in [7, 11) is 0. The summed E-state index contributed by atoms with van der Waals surface area (Å²) in [6, 6.07) is 17.8. The molecular weight excluding hydrogens is 430 g/mol. The Labute approximate surface area is 198 Å². The highest BCUT2D eigenvalue weighted by atomic mass is 16.2. The predicted molar refractivity (Wildman–Crippen MR) is 127 cm³/mol. The molecule has 8 heteroatoms. The molecular formula is C26H27N5O3. The second-order valence-electron chi connectivity index (χ2n) is 8.87. The first kappa shape index (κ1) is 21.9. The molecule has 34 heavy (non-hydrogen) atoms. The second-order valence-corrected chi connectivity index (χ2v) is 8.87. The van der Waals surface area contributed by atoms with Crippen molar-refractivity contribution in [1.29, 1.82) is 0 Å². The average Bonchev–Trinajstić information content (AvgIpc) is 3.57. The van der Waals surface area contributed by atoms with Crippen LogP contribution in [0.1, 0.15) is 28.8 Å². The summed E-state index contributed by atoms with van der Waals surface area (Å²) in [5, 5.41) is 7.50. The maximum atomic E-state index is 13.6. The van der Waals surface area contributed by atoms with Crippen molar-refractivity contribution >= 4 is 17.7 Å². The summed E-state index contributed by atoms with van der Waals surface area (Å²) < 4.78 is 1.73. The highest BCUT2D eigenvalue weighted by Gasteiger charge is 2.32. The van der Waals surface area contributed by atoms with Crippen molar-refractivity contribution in [1.82, 2.24) is 24.9 Å². The van der Waals surface area contributed by atoms with Gasteiger partial charge in [-0.3, -0.25) is 14.4 Å². The number of amides is 3. The van der Waals surface area contributed by atoms with Crippen molar-refractivity contribution in [2.45, 2.75) is 25.8 Å². The third kappa shape index (κ3) is 4.57. The SMILES string of the molecule is Cc1cccc(-c2nn(-c3ccccc3)cc2C(=O)N2CCN(C(=O)C(=O)NC3CC3)CC2)c1. The number of nitrogens with one attached hydrogen (secondary N) is 1. The van der Waals surface area contributed by atoms with Gasteiger partial charge in [-0.25, -0.2) is 4.68 Å². The van der Waals surface area contributed by atoms with Gasteiger partial charge in [-0.05, 0) is 38.0 Å². The van der Waals surface area contributed by atoms with E-state index in [9.17, 15) is 14.4 Å². The quantitative estimate of drug-likeness (QED) is 0.610. The van der Waals surface area contributed by atoms with E-state index in [4.69, 9.17) is 5.10 Å². The lowest BCUT2D eigenvalue weighted by Crippen LogP contribution is -2.54. The predicted octanol–water partition coefficient (Wildman–Crippen LogP) is 2.41. The summed E-state index contributed by atoms with van der Waals surface area (Å²) in [4.78, 5) is 41.4. The first-order valence-corrected chi connectivity index (χ1v) is 11.6. The van der Waals surface area contributed by atoms with Gasteiger partial charge < -0.3 is 15.1 Å². The van der Waals surface area contributed by atoms with E-state index < -0.39 is 11.8 Å². The molecule has 1 N–H and O–H groups in total. The van der Waals surface area contributed by atoms with Crippen LogP contribution in [0.5, 0.6) is 0 Å². The van der Waals surface area contributed by atoms with Gasteiger partial charge in [-0.2, -0.15) is 5.10 Å². The molecule has 2 fully saturated rings. The van der Waals surface area contributed by atoms with E-state index in [0.29, 0.717) is 37.4 Å². The maximum absolute atomic E-state index is 13.6. The Kier molecular flexibility index (Phi) is 5.88. The standard InChI is InChI=1S/C26H27N5O3/c1-18-6-5-7-19(16-18)23-22(17-31(28-23)21-8-3-2-4-9-21)25(33)29-12-14-30(15-13-29)26(34)24(32)27-20-10-11-20/h2-9,16-17,20H,10-15H2,1H3,(H,27,32). The van der Waals surface area contributed by atoms with Gasteiger partial charge in [0, 0.05) is 44.0 Å². The minimum atomic E-state index is -0.548. The largest absolute Gasteiger partial charge is 0.345 e. The summed E-state index contributed by atoms with van der Waals surface area (Å²) in [6.07, 6.45) is 3.64. The third-order valence-electron chi connectivity index (χ3n) is 6.22. The van der Waals surface area contributed by atoms with Crippen molar-refractivity contribution in [2.24, 2.45) is 0 Å². The van der Waals surface area contributed by atoms with Gasteiger partial charge >= 0.3 is 11.8 Å². The van der Waals surface area contributed by atoms with Crippen LogP contribution in [-0.4, -0.2) is 69.5 Å². The Balaban J connectivity index is 1.36. The van der Waals surface area contributed by atoms with E-state index in [1.807, 2.05) is 61.5 Å². The van der Waals surface area contributed by atoms with Crippen LogP contribution < -0.4 is 5.32 Å². The third-order valence-corrected chi connectivity index (χ3v) is 6.22. The van der Waals surface area contributed by atoms with Crippen molar-refractivity contribution in [3.8, 4) is 16.9 Å². The van der Waals surface area contributed by atoms with Crippen LogP contribution in [0.4, 0.5) is 0 Å². The second kappa shape index (κ2) is 9.13. The van der Waals surface area contributed by atoms with Gasteiger partial charge in [-0.15, -0.1) is 0 Å². The summed E-state index contributed by atoms with van der Waals surface area (Å²) in [5.41, 5.74) is 3.97. The zero-order chi connectivity index (χ0) is 23.7. The Morgan fingerprint density at radius 3 is 2.29 bits per heavy atom. The Hall–Kier alpha value is -3.94. The lowest BCUT2D eigenvalue weighted by Gasteiger charge is -2.34. The van der Waals surface area contributed by atoms with Crippen LogP contribution in [-0.2, 0) is 9.59 Å². The molecule has 3 aromatic rings. The molecule has 8 nitrogen and oxygen atoms in total. The Bertz CT molecular complexity index is 1220. The van der Waals surface area contributed by atoms with Crippen LogP contribution >= 0.6 is 0 Å². The van der Waals surface area contributed by atoms with Gasteiger partial charge in [0.2, 0.25) is 0 Å². The van der Waals surface area contributed by atoms with Crippen LogP contribution in [0, 0.1) is 6.92 Å². The highest BCUT2D eigenvalue weighted by molar-refractivity contribution is 6.35. The number of aryl methyl sites for hydroxylation is 1. The number of para-hydroxylation sites is 1. The van der Waals surface area contributed by atoms with Crippen LogP contribution in [0.25, 0.3) is 16.9 Å². The van der Waals surface area contributed by atoms with Gasteiger partial charge in [0.25, 0.3) is 5.91 Å². The molecule has 2 aliphatic rings. The number of rotatable bonds is 4. The number of hydrogen-bond acceptors (Lipinski definition) is 4. The zero-order valence-electron chi connectivity index (χ0n) is 19.1. The van der Waals surface area contributed by atoms with Gasteiger partial charge in [0.1, 0.15) is 5.69 Å². The summed E-state index contributed by atoms with van der Waals surface area (Å²) in [5.74, 6) is -1.20. The first-order valence-electron chi connectivity index (χ1n) is 11.6. The van der Waals surface area contributed by atoms with Crippen molar-refractivity contribution in [2.75, 3.05) is 26.2 Å². The Morgan fingerprint density at radius 1 is 0.912 bits per heavy atom. The average molecular weight is 458 g/mol. The number of hydrogen-bond donors (Lipinski definition) is 1. The van der Waals surface area contributed by atoms with Gasteiger partial charge in [0.15, 0.2) is 0 Å². The number of nitrogens with zero attached hydrogens (tertiary/aromatic N) is 4. The van der Waals surface area contributed by atoms with Crippen LogP contribution in [0.3, 0.4) is 0 Å². The van der Waals surface area contributed by atoms with Gasteiger partial charge in [0.05, 0.1) is 11.3 Å². The summed E-state index contributed by atoms with van der Waals surface area (Å²) in [6.45, 7) is 3.40. The van der Waals surface area contributed by atoms with Crippen molar-refractivity contribution in [3.63, 3.8) is 0 Å².